The Morgan fingerprint density at radius 1 is 1.92 bits per heavy atom. The molecule has 1 saturated heterocycles. The Balaban J connectivity index is 2.78. The molecule has 0 amide bonds. The van der Waals surface area contributed by atoms with Crippen molar-refractivity contribution in [1.82, 2.24) is 0 Å². The molecule has 2 unspecified atom stereocenters. The number of carbonyl (C=O) groups excluding carboxylic acids is 1. The van der Waals surface area contributed by atoms with Crippen LogP contribution in [0, 0.1) is 0 Å². The average Bonchev–Trinajstić information content (AvgIpc) is 2.29. The van der Waals surface area contributed by atoms with Gasteiger partial charge in [-0.2, -0.15) is 0 Å². The van der Waals surface area contributed by atoms with Gasteiger partial charge in [0.1, 0.15) is 0 Å². The van der Waals surface area contributed by atoms with E-state index in [4.69, 9.17) is 4.74 Å². The van der Waals surface area contributed by atoms with E-state index in [1.807, 2.05) is 0 Å². The summed E-state index contributed by atoms with van der Waals surface area (Å²) in [7, 11) is 6.49. The SMILES string of the molecule is CC[C@@H]1C[C@H]([S](=P)(P)=[TlH])C(=O)O1. The molecule has 0 aromatic heterocycles. The van der Waals surface area contributed by atoms with E-state index in [0.717, 1.165) is 12.8 Å². The van der Waals surface area contributed by atoms with Gasteiger partial charge in [-0.1, -0.05) is 0 Å². The summed E-state index contributed by atoms with van der Waals surface area (Å²) in [6.07, 6.45) is 2.04. The first-order valence-electron chi connectivity index (χ1n) is 3.83. The van der Waals surface area contributed by atoms with Crippen molar-refractivity contribution in [3.63, 3.8) is 0 Å². The number of esters is 1. The molecule has 0 aliphatic carbocycles. The number of rotatable bonds is 2. The van der Waals surface area contributed by atoms with Gasteiger partial charge in [-0.3, -0.25) is 0 Å². The zero-order chi connectivity index (χ0) is 9.35. The van der Waals surface area contributed by atoms with Gasteiger partial charge >= 0.3 is 91.6 Å². The summed E-state index contributed by atoms with van der Waals surface area (Å²) in [5.74, 6) is 0.0110. The van der Waals surface area contributed by atoms with Crippen LogP contribution in [0.2, 0.25) is 0 Å². The predicted molar refractivity (Wildman–Crippen MR) is 61.1 cm³/mol. The van der Waals surface area contributed by atoms with Crippen molar-refractivity contribution in [2.24, 2.45) is 0 Å². The van der Waals surface area contributed by atoms with Crippen molar-refractivity contribution in [2.75, 3.05) is 0 Å². The molecule has 68 valence electrons. The number of hydrogen-bond donors (Lipinski definition) is 0. The fourth-order valence-electron chi connectivity index (χ4n) is 1.22. The summed E-state index contributed by atoms with van der Waals surface area (Å²) >= 11 is 0.595. The summed E-state index contributed by atoms with van der Waals surface area (Å²) < 4.78 is 5.22. The van der Waals surface area contributed by atoms with Crippen molar-refractivity contribution in [3.05, 3.63) is 0 Å². The first-order valence-corrected chi connectivity index (χ1v) is 15.1. The fourth-order valence-corrected chi connectivity index (χ4v) is 6.59. The molecule has 2 nitrogen and oxygen atoms in total. The predicted octanol–water partition coefficient (Wildman–Crippen LogP) is 0.898. The van der Waals surface area contributed by atoms with Crippen LogP contribution in [0.25, 0.3) is 0 Å². The molecule has 12 heavy (non-hydrogen) atoms. The average molecular weight is 416 g/mol. The van der Waals surface area contributed by atoms with E-state index in [1.54, 1.807) is 0 Å². The molecule has 0 radical (unpaired) electrons. The molecule has 0 spiro atoms. The van der Waals surface area contributed by atoms with Gasteiger partial charge in [0.05, 0.1) is 0 Å². The van der Waals surface area contributed by atoms with Crippen LogP contribution >= 0.6 is 16.5 Å². The second kappa shape index (κ2) is 4.33. The van der Waals surface area contributed by atoms with E-state index >= 15 is 0 Å². The number of ether oxygens (including phenoxy) is 1. The van der Waals surface area contributed by atoms with Gasteiger partial charge in [0, 0.05) is 0 Å². The zero-order valence-electron chi connectivity index (χ0n) is 7.08. The molecule has 0 aromatic rings. The quantitative estimate of drug-likeness (QED) is 0.381. The Labute approximate surface area is 91.0 Å². The van der Waals surface area contributed by atoms with Gasteiger partial charge in [-0.25, -0.2) is 0 Å². The molecule has 1 heterocycles. The van der Waals surface area contributed by atoms with Crippen molar-refractivity contribution in [1.29, 1.82) is 0 Å². The Morgan fingerprint density at radius 3 is 2.75 bits per heavy atom. The maximum atomic E-state index is 11.4. The number of cyclic esters (lactones) is 1. The van der Waals surface area contributed by atoms with Gasteiger partial charge in [0.25, 0.3) is 0 Å². The third-order valence-corrected chi connectivity index (χ3v) is 9.92. The summed E-state index contributed by atoms with van der Waals surface area (Å²) in [5.41, 5.74) is 0. The van der Waals surface area contributed by atoms with Crippen LogP contribution in [-0.2, 0) is 14.4 Å². The molecule has 6 heteroatoms. The minimum absolute atomic E-state index is 0.0110. The number of hydrogen-bond acceptors (Lipinski definition) is 2. The van der Waals surface area contributed by atoms with Gasteiger partial charge in [0.15, 0.2) is 0 Å². The molecule has 1 rings (SSSR count). The Morgan fingerprint density at radius 2 is 2.50 bits per heavy atom. The van der Waals surface area contributed by atoms with E-state index in [-0.39, 0.29) is 17.3 Å². The second-order valence-electron chi connectivity index (χ2n) is 3.04. The van der Waals surface area contributed by atoms with Crippen molar-refractivity contribution in [2.45, 2.75) is 31.1 Å². The van der Waals surface area contributed by atoms with Gasteiger partial charge < -0.3 is 0 Å². The first kappa shape index (κ1) is 11.5. The third-order valence-electron chi connectivity index (χ3n) is 1.99. The van der Waals surface area contributed by atoms with Gasteiger partial charge in [-0.15, -0.1) is 0 Å². The van der Waals surface area contributed by atoms with Crippen LogP contribution in [0.3, 0.4) is 0 Å². The van der Waals surface area contributed by atoms with Crippen LogP contribution < -0.4 is 0 Å². The van der Waals surface area contributed by atoms with Crippen molar-refractivity contribution < 1.29 is 9.53 Å². The molecule has 1 aliphatic rings. The molecule has 0 N–H and O–H groups in total. The molecule has 0 bridgehead atoms. The van der Waals surface area contributed by atoms with Crippen LogP contribution in [-0.4, -0.2) is 41.0 Å². The third kappa shape index (κ3) is 2.73. The summed E-state index contributed by atoms with van der Waals surface area (Å²) in [4.78, 5) is 10.5. The van der Waals surface area contributed by atoms with Crippen LogP contribution in [0.1, 0.15) is 19.8 Å². The monoisotopic (exact) mass is 416 g/mol. The molecule has 4 atom stereocenters. The summed E-state index contributed by atoms with van der Waals surface area (Å²) in [6, 6.07) is 0. The topological polar surface area (TPSA) is 26.3 Å². The van der Waals surface area contributed by atoms with Crippen molar-refractivity contribution in [3.8, 4) is 0 Å². The number of carbonyl (C=O) groups is 1. The Hall–Kier alpha value is 1.47. The second-order valence-corrected chi connectivity index (χ2v) is 37.2. The van der Waals surface area contributed by atoms with Gasteiger partial charge in [0.2, 0.25) is 0 Å². The first-order chi connectivity index (χ1) is 5.45. The molecule has 0 aromatic carbocycles. The maximum absolute atomic E-state index is 11.4. The summed E-state index contributed by atoms with van der Waals surface area (Å²) in [6.45, 7) is 2.06. The van der Waals surface area contributed by atoms with Gasteiger partial charge in [-0.05, 0) is 0 Å². The standard InChI is InChI=1S/C6H12O2P2S.Tl.H/c1-2-4-3-5(11(9)10)6(7)8-4;;/h4-5,9H,2-3,10H2,1H3;;/t4-,5+,11?;;/m1../s1. The Bertz CT molecular complexity index is 288. The van der Waals surface area contributed by atoms with Crippen LogP contribution in [0.5, 0.6) is 0 Å². The zero-order valence-corrected chi connectivity index (χ0v) is 15.5. The molecule has 1 aliphatic heterocycles. The Kier molecular flexibility index (Phi) is 4.17. The van der Waals surface area contributed by atoms with Crippen LogP contribution in [0.15, 0.2) is 0 Å². The molecular weight excluding hydrogens is 402 g/mol. The summed E-state index contributed by atoms with van der Waals surface area (Å²) in [5, 5.41) is 0.146. The van der Waals surface area contributed by atoms with Crippen LogP contribution in [0.4, 0.5) is 0 Å². The van der Waals surface area contributed by atoms with E-state index in [0.29, 0.717) is 23.7 Å². The normalized spacial score (nSPS) is 34.2. The van der Waals surface area contributed by atoms with E-state index in [9.17, 15) is 4.79 Å². The molecule has 0 saturated carbocycles. The van der Waals surface area contributed by atoms with E-state index in [1.165, 1.54) is 0 Å². The van der Waals surface area contributed by atoms with E-state index < -0.39 is 4.84 Å². The van der Waals surface area contributed by atoms with Crippen molar-refractivity contribution >= 4 is 51.0 Å². The molecule has 1 fully saturated rings. The van der Waals surface area contributed by atoms with E-state index in [2.05, 4.69) is 23.4 Å². The minimum atomic E-state index is -0.853. The fraction of sp³-hybridized carbons (Fsp3) is 0.833. The molecular formula is C6H13O2P2STl.